The number of unbranched alkanes of at least 4 members (excludes halogenated alkanes) is 2. The van der Waals surface area contributed by atoms with Gasteiger partial charge in [-0.25, -0.2) is 0 Å². The summed E-state index contributed by atoms with van der Waals surface area (Å²) in [4.78, 5) is 22.9. The highest BCUT2D eigenvalue weighted by Crippen LogP contribution is 2.02. The van der Waals surface area contributed by atoms with Gasteiger partial charge in [-0.1, -0.05) is 19.8 Å². The van der Waals surface area contributed by atoms with Crippen molar-refractivity contribution in [2.24, 2.45) is 0 Å². The number of nitrogens with zero attached hydrogens (tertiary/aromatic N) is 1. The third kappa shape index (κ3) is 6.46. The van der Waals surface area contributed by atoms with Crippen molar-refractivity contribution in [3.8, 4) is 0 Å². The second kappa shape index (κ2) is 7.35. The first kappa shape index (κ1) is 12.9. The molecule has 82 valence electrons. The molecule has 0 aromatic heterocycles. The van der Waals surface area contributed by atoms with Gasteiger partial charge >= 0.3 is 0 Å². The maximum atomic E-state index is 11.3. The van der Waals surface area contributed by atoms with E-state index in [0.29, 0.717) is 6.42 Å². The van der Waals surface area contributed by atoms with E-state index in [-0.39, 0.29) is 18.9 Å². The third-order valence-corrected chi connectivity index (χ3v) is 2.07. The van der Waals surface area contributed by atoms with Gasteiger partial charge in [0.25, 0.3) is 0 Å². The summed E-state index contributed by atoms with van der Waals surface area (Å²) in [7, 11) is 1.62. The summed E-state index contributed by atoms with van der Waals surface area (Å²) in [6.07, 6.45) is 3.43. The molecule has 0 bridgehead atoms. The molecule has 0 aliphatic rings. The summed E-state index contributed by atoms with van der Waals surface area (Å²) in [5.41, 5.74) is 0. The van der Waals surface area contributed by atoms with Crippen molar-refractivity contribution in [2.45, 2.75) is 39.0 Å². The van der Waals surface area contributed by atoms with Crippen LogP contribution in [0.4, 0.5) is 0 Å². The lowest BCUT2D eigenvalue weighted by atomic mass is 10.2. The van der Waals surface area contributed by atoms with Gasteiger partial charge in [-0.05, 0) is 6.42 Å². The summed E-state index contributed by atoms with van der Waals surface area (Å²) in [6, 6.07) is 0. The fourth-order valence-electron chi connectivity index (χ4n) is 1.10. The van der Waals surface area contributed by atoms with Gasteiger partial charge in [-0.15, -0.1) is 0 Å². The molecule has 0 saturated carbocycles. The Kier molecular flexibility index (Phi) is 6.80. The summed E-state index contributed by atoms with van der Waals surface area (Å²) in [6.45, 7) is 2.32. The quantitative estimate of drug-likeness (QED) is 0.550. The van der Waals surface area contributed by atoms with E-state index in [9.17, 15) is 14.7 Å². The molecular weight excluding hydrogens is 182 g/mol. The fourth-order valence-corrected chi connectivity index (χ4v) is 1.10. The molecule has 14 heavy (non-hydrogen) atoms. The molecular formula is C10H18NO3-. The number of rotatable bonds is 7. The molecule has 0 heterocycles. The van der Waals surface area contributed by atoms with E-state index in [0.717, 1.165) is 19.3 Å². The molecule has 0 spiro atoms. The Hall–Kier alpha value is -1.06. The molecule has 0 aliphatic carbocycles. The Morgan fingerprint density at radius 3 is 2.36 bits per heavy atom. The number of hydrogen-bond acceptors (Lipinski definition) is 3. The monoisotopic (exact) mass is 200 g/mol. The van der Waals surface area contributed by atoms with Crippen molar-refractivity contribution in [1.82, 2.24) is 4.90 Å². The van der Waals surface area contributed by atoms with E-state index in [4.69, 9.17) is 0 Å². The van der Waals surface area contributed by atoms with Crippen molar-refractivity contribution >= 4 is 11.9 Å². The predicted octanol–water partition coefficient (Wildman–Crippen LogP) is 0.165. The first-order valence-electron chi connectivity index (χ1n) is 5.01. The van der Waals surface area contributed by atoms with Crippen LogP contribution in [0.1, 0.15) is 39.0 Å². The molecule has 4 heteroatoms. The molecule has 4 nitrogen and oxygen atoms in total. The van der Waals surface area contributed by atoms with Gasteiger partial charge in [0.1, 0.15) is 0 Å². The zero-order chi connectivity index (χ0) is 11.0. The minimum absolute atomic E-state index is 0.0136. The highest BCUT2D eigenvalue weighted by molar-refractivity contribution is 5.76. The number of carboxylic acid groups (broad SMARTS) is 1. The zero-order valence-electron chi connectivity index (χ0n) is 8.91. The summed E-state index contributed by atoms with van der Waals surface area (Å²) in [5, 5.41) is 10.1. The standard InChI is InChI=1S/C10H19NO3/c1-3-4-5-6-9(12)11(2)8-7-10(13)14/h3-8H2,1-2H3,(H,13,14)/p-1. The number of amides is 1. The first-order valence-corrected chi connectivity index (χ1v) is 5.01. The molecule has 0 aromatic rings. The summed E-state index contributed by atoms with van der Waals surface area (Å²) >= 11 is 0. The number of carbonyl (C=O) groups is 2. The molecule has 0 aromatic carbocycles. The molecule has 0 aliphatic heterocycles. The van der Waals surface area contributed by atoms with E-state index in [1.165, 1.54) is 4.90 Å². The second-order valence-electron chi connectivity index (χ2n) is 3.39. The van der Waals surface area contributed by atoms with Crippen molar-refractivity contribution in [3.63, 3.8) is 0 Å². The Morgan fingerprint density at radius 1 is 1.21 bits per heavy atom. The third-order valence-electron chi connectivity index (χ3n) is 2.07. The average molecular weight is 200 g/mol. The Bertz CT molecular complexity index is 192. The molecule has 0 fully saturated rings. The highest BCUT2D eigenvalue weighted by Gasteiger charge is 2.07. The van der Waals surface area contributed by atoms with Crippen LogP contribution in [0.2, 0.25) is 0 Å². The number of carbonyl (C=O) groups excluding carboxylic acids is 2. The number of hydrogen-bond donors (Lipinski definition) is 0. The van der Waals surface area contributed by atoms with Crippen molar-refractivity contribution in [2.75, 3.05) is 13.6 Å². The van der Waals surface area contributed by atoms with Crippen molar-refractivity contribution < 1.29 is 14.7 Å². The average Bonchev–Trinajstić information content (AvgIpc) is 2.14. The largest absolute Gasteiger partial charge is 0.550 e. The first-order chi connectivity index (χ1) is 6.57. The van der Waals surface area contributed by atoms with E-state index >= 15 is 0 Å². The smallest absolute Gasteiger partial charge is 0.222 e. The van der Waals surface area contributed by atoms with E-state index in [2.05, 4.69) is 6.92 Å². The molecule has 0 atom stereocenters. The minimum atomic E-state index is -1.11. The number of carboxylic acids is 1. The number of aliphatic carboxylic acids is 1. The molecule has 0 saturated heterocycles. The molecule has 0 unspecified atom stereocenters. The minimum Gasteiger partial charge on any atom is -0.550 e. The van der Waals surface area contributed by atoms with Gasteiger partial charge in [0.2, 0.25) is 5.91 Å². The maximum Gasteiger partial charge on any atom is 0.222 e. The van der Waals surface area contributed by atoms with Gasteiger partial charge in [-0.3, -0.25) is 4.79 Å². The van der Waals surface area contributed by atoms with Crippen LogP contribution >= 0.6 is 0 Å². The topological polar surface area (TPSA) is 60.4 Å². The van der Waals surface area contributed by atoms with Gasteiger partial charge in [0.05, 0.1) is 0 Å². The SMILES string of the molecule is CCCCCC(=O)N(C)CCC(=O)[O-]. The summed E-state index contributed by atoms with van der Waals surface area (Å²) in [5.74, 6) is -1.10. The van der Waals surface area contributed by atoms with Crippen LogP contribution < -0.4 is 5.11 Å². The lowest BCUT2D eigenvalue weighted by Gasteiger charge is -2.17. The Balaban J connectivity index is 3.59. The molecule has 0 rings (SSSR count). The van der Waals surface area contributed by atoms with Crippen LogP contribution in [0.3, 0.4) is 0 Å². The summed E-state index contributed by atoms with van der Waals surface area (Å²) < 4.78 is 0. The van der Waals surface area contributed by atoms with Gasteiger partial charge in [0, 0.05) is 32.4 Å². The lowest BCUT2D eigenvalue weighted by Crippen LogP contribution is -2.32. The highest BCUT2D eigenvalue weighted by atomic mass is 16.4. The van der Waals surface area contributed by atoms with E-state index < -0.39 is 5.97 Å². The second-order valence-corrected chi connectivity index (χ2v) is 3.39. The van der Waals surface area contributed by atoms with Crippen molar-refractivity contribution in [3.05, 3.63) is 0 Å². The van der Waals surface area contributed by atoms with Crippen LogP contribution in [-0.2, 0) is 9.59 Å². The molecule has 1 amide bonds. The molecule has 0 N–H and O–H groups in total. The predicted molar refractivity (Wildman–Crippen MR) is 51.4 cm³/mol. The van der Waals surface area contributed by atoms with E-state index in [1.807, 2.05) is 0 Å². The Labute approximate surface area is 84.9 Å². The van der Waals surface area contributed by atoms with Gasteiger partial charge in [0.15, 0.2) is 0 Å². The van der Waals surface area contributed by atoms with Crippen molar-refractivity contribution in [1.29, 1.82) is 0 Å². The van der Waals surface area contributed by atoms with Crippen LogP contribution in [0.5, 0.6) is 0 Å². The van der Waals surface area contributed by atoms with Gasteiger partial charge < -0.3 is 14.8 Å². The van der Waals surface area contributed by atoms with Crippen LogP contribution in [-0.4, -0.2) is 30.4 Å². The van der Waals surface area contributed by atoms with Crippen LogP contribution in [0, 0.1) is 0 Å². The van der Waals surface area contributed by atoms with E-state index in [1.54, 1.807) is 7.05 Å². The lowest BCUT2D eigenvalue weighted by molar-refractivity contribution is -0.305. The fraction of sp³-hybridized carbons (Fsp3) is 0.800. The van der Waals surface area contributed by atoms with Gasteiger partial charge in [-0.2, -0.15) is 0 Å². The Morgan fingerprint density at radius 2 is 1.86 bits per heavy atom. The zero-order valence-corrected chi connectivity index (χ0v) is 8.91. The van der Waals surface area contributed by atoms with Crippen LogP contribution in [0.25, 0.3) is 0 Å². The maximum absolute atomic E-state index is 11.3. The normalized spacial score (nSPS) is 9.86. The van der Waals surface area contributed by atoms with Crippen LogP contribution in [0.15, 0.2) is 0 Å². The molecule has 0 radical (unpaired) electrons.